The molecule has 0 amide bonds. The average Bonchev–Trinajstić information content (AvgIpc) is 2.47. The highest BCUT2D eigenvalue weighted by atomic mass is 14.2. The van der Waals surface area contributed by atoms with E-state index in [4.69, 9.17) is 0 Å². The summed E-state index contributed by atoms with van der Waals surface area (Å²) in [6, 6.07) is 0. The van der Waals surface area contributed by atoms with Gasteiger partial charge in [0.05, 0.1) is 0 Å². The lowest BCUT2D eigenvalue weighted by Gasteiger charge is -2.24. The van der Waals surface area contributed by atoms with Crippen LogP contribution >= 0.6 is 0 Å². The molecule has 0 N–H and O–H groups in total. The summed E-state index contributed by atoms with van der Waals surface area (Å²) in [6.07, 6.45) is 18.3. The van der Waals surface area contributed by atoms with Gasteiger partial charge in [0, 0.05) is 0 Å². The van der Waals surface area contributed by atoms with E-state index in [1.807, 2.05) is 0 Å². The molecule has 0 aromatic rings. The highest BCUT2D eigenvalue weighted by Gasteiger charge is 2.17. The molecule has 2 rings (SSSR count). The summed E-state index contributed by atoms with van der Waals surface area (Å²) in [5, 5.41) is 0. The van der Waals surface area contributed by atoms with Gasteiger partial charge in [-0.3, -0.25) is 0 Å². The van der Waals surface area contributed by atoms with E-state index in [1.165, 1.54) is 51.4 Å². The van der Waals surface area contributed by atoms with Gasteiger partial charge in [-0.1, -0.05) is 43.1 Å². The first-order valence-electron chi connectivity index (χ1n) is 5.82. The number of rotatable bonds is 1. The van der Waals surface area contributed by atoms with E-state index in [0.717, 1.165) is 5.92 Å². The summed E-state index contributed by atoms with van der Waals surface area (Å²) in [4.78, 5) is 0. The lowest BCUT2D eigenvalue weighted by atomic mass is 9.82. The lowest BCUT2D eigenvalue weighted by molar-refractivity contribution is 0.394. The summed E-state index contributed by atoms with van der Waals surface area (Å²) in [5.74, 6) is 0.941. The van der Waals surface area contributed by atoms with Crippen molar-refractivity contribution in [2.75, 3.05) is 0 Å². The molecule has 0 radical (unpaired) electrons. The maximum Gasteiger partial charge on any atom is -0.0200 e. The van der Waals surface area contributed by atoms with E-state index >= 15 is 0 Å². The van der Waals surface area contributed by atoms with Crippen molar-refractivity contribution in [2.45, 2.75) is 51.4 Å². The molecule has 2 aliphatic carbocycles. The van der Waals surface area contributed by atoms with Crippen molar-refractivity contribution in [1.82, 2.24) is 0 Å². The normalized spacial score (nSPS) is 25.4. The molecule has 0 bridgehead atoms. The maximum absolute atomic E-state index is 2.39. The zero-order valence-corrected chi connectivity index (χ0v) is 8.47. The molecule has 0 atom stereocenters. The zero-order valence-electron chi connectivity index (χ0n) is 8.47. The van der Waals surface area contributed by atoms with E-state index in [-0.39, 0.29) is 0 Å². The van der Waals surface area contributed by atoms with Crippen molar-refractivity contribution in [2.24, 2.45) is 5.92 Å². The quantitative estimate of drug-likeness (QED) is 0.560. The number of allylic oxidation sites excluding steroid dienone is 4. The van der Waals surface area contributed by atoms with Crippen LogP contribution in [0.4, 0.5) is 0 Å². The van der Waals surface area contributed by atoms with Crippen molar-refractivity contribution < 1.29 is 0 Å². The van der Waals surface area contributed by atoms with Crippen LogP contribution in [0.1, 0.15) is 51.4 Å². The van der Waals surface area contributed by atoms with Gasteiger partial charge in [-0.15, -0.1) is 0 Å². The van der Waals surface area contributed by atoms with Gasteiger partial charge in [0.15, 0.2) is 0 Å². The van der Waals surface area contributed by atoms with E-state index < -0.39 is 0 Å². The van der Waals surface area contributed by atoms with E-state index in [2.05, 4.69) is 18.2 Å². The van der Waals surface area contributed by atoms with Crippen LogP contribution in [0.3, 0.4) is 0 Å². The maximum atomic E-state index is 2.39. The Bertz CT molecular complexity index is 204. The zero-order chi connectivity index (χ0) is 8.93. The van der Waals surface area contributed by atoms with E-state index in [9.17, 15) is 0 Å². The molecule has 0 nitrogen and oxygen atoms in total. The van der Waals surface area contributed by atoms with Crippen LogP contribution < -0.4 is 0 Å². The van der Waals surface area contributed by atoms with Crippen LogP contribution in [0.2, 0.25) is 0 Å². The molecule has 0 heterocycles. The van der Waals surface area contributed by atoms with E-state index in [0.29, 0.717) is 0 Å². The molecule has 0 aromatic heterocycles. The smallest absolute Gasteiger partial charge is 0.0200 e. The minimum Gasteiger partial charge on any atom is -0.0845 e. The molecule has 1 fully saturated rings. The van der Waals surface area contributed by atoms with Crippen molar-refractivity contribution in [1.29, 1.82) is 0 Å². The van der Waals surface area contributed by atoms with Crippen LogP contribution in [-0.4, -0.2) is 0 Å². The molecule has 72 valence electrons. The topological polar surface area (TPSA) is 0 Å². The van der Waals surface area contributed by atoms with Crippen molar-refractivity contribution in [3.8, 4) is 0 Å². The fourth-order valence-electron chi connectivity index (χ4n) is 2.61. The van der Waals surface area contributed by atoms with Crippen molar-refractivity contribution in [3.05, 3.63) is 23.8 Å². The van der Waals surface area contributed by atoms with Crippen LogP contribution in [0.25, 0.3) is 0 Å². The Balaban J connectivity index is 1.97. The fourth-order valence-corrected chi connectivity index (χ4v) is 2.61. The summed E-state index contributed by atoms with van der Waals surface area (Å²) >= 11 is 0. The van der Waals surface area contributed by atoms with Crippen LogP contribution in [0.15, 0.2) is 23.8 Å². The van der Waals surface area contributed by atoms with Crippen LogP contribution in [0, 0.1) is 5.92 Å². The first kappa shape index (κ1) is 9.05. The predicted octanol–water partition coefficient (Wildman–Crippen LogP) is 4.23. The Morgan fingerprint density at radius 1 is 1.00 bits per heavy atom. The Morgan fingerprint density at radius 3 is 2.69 bits per heavy atom. The summed E-state index contributed by atoms with van der Waals surface area (Å²) < 4.78 is 0. The van der Waals surface area contributed by atoms with E-state index in [1.54, 1.807) is 5.57 Å². The minimum absolute atomic E-state index is 0.941. The summed E-state index contributed by atoms with van der Waals surface area (Å²) in [5.41, 5.74) is 1.74. The Labute approximate surface area is 81.7 Å². The Kier molecular flexibility index (Phi) is 3.23. The summed E-state index contributed by atoms with van der Waals surface area (Å²) in [6.45, 7) is 0. The third kappa shape index (κ3) is 2.46. The second kappa shape index (κ2) is 4.64. The Morgan fingerprint density at radius 2 is 1.85 bits per heavy atom. The molecular weight excluding hydrogens is 156 g/mol. The Hall–Kier alpha value is -0.520. The third-order valence-electron chi connectivity index (χ3n) is 3.41. The monoisotopic (exact) mass is 176 g/mol. The standard InChI is InChI=1S/C13H20/c1-2-5-9-12(8-4-1)13-10-6-3-7-11-13/h1,4,8,13H,2-3,5-7,9-11H2. The van der Waals surface area contributed by atoms with Gasteiger partial charge in [-0.25, -0.2) is 0 Å². The predicted molar refractivity (Wildman–Crippen MR) is 57.6 cm³/mol. The highest BCUT2D eigenvalue weighted by molar-refractivity contribution is 5.17. The molecule has 0 unspecified atom stereocenters. The first-order chi connectivity index (χ1) is 6.47. The lowest BCUT2D eigenvalue weighted by Crippen LogP contribution is -2.08. The molecule has 2 aliphatic rings. The van der Waals surface area contributed by atoms with Crippen molar-refractivity contribution in [3.63, 3.8) is 0 Å². The third-order valence-corrected chi connectivity index (χ3v) is 3.41. The van der Waals surface area contributed by atoms with Crippen LogP contribution in [0.5, 0.6) is 0 Å². The molecule has 0 saturated heterocycles. The largest absolute Gasteiger partial charge is 0.0845 e. The van der Waals surface area contributed by atoms with Crippen molar-refractivity contribution >= 4 is 0 Å². The summed E-state index contributed by atoms with van der Waals surface area (Å²) in [7, 11) is 0. The molecule has 1 saturated carbocycles. The average molecular weight is 176 g/mol. The minimum atomic E-state index is 0.941. The number of hydrogen-bond donors (Lipinski definition) is 0. The van der Waals surface area contributed by atoms with Gasteiger partial charge >= 0.3 is 0 Å². The fraction of sp³-hybridized carbons (Fsp3) is 0.692. The SMILES string of the molecule is C1=CCCCC(C2CCCCC2)=C1. The van der Waals surface area contributed by atoms with Crippen LogP contribution in [-0.2, 0) is 0 Å². The number of hydrogen-bond acceptors (Lipinski definition) is 0. The highest BCUT2D eigenvalue weighted by Crippen LogP contribution is 2.32. The molecule has 13 heavy (non-hydrogen) atoms. The van der Waals surface area contributed by atoms with Gasteiger partial charge in [-0.2, -0.15) is 0 Å². The molecule has 0 heteroatoms. The second-order valence-electron chi connectivity index (χ2n) is 4.40. The van der Waals surface area contributed by atoms with Gasteiger partial charge < -0.3 is 0 Å². The van der Waals surface area contributed by atoms with Gasteiger partial charge in [0.25, 0.3) is 0 Å². The molecular formula is C13H20. The second-order valence-corrected chi connectivity index (χ2v) is 4.40. The molecule has 0 spiro atoms. The molecule has 0 aliphatic heterocycles. The van der Waals surface area contributed by atoms with Gasteiger partial charge in [0.2, 0.25) is 0 Å². The van der Waals surface area contributed by atoms with Gasteiger partial charge in [-0.05, 0) is 38.0 Å². The van der Waals surface area contributed by atoms with Gasteiger partial charge in [0.1, 0.15) is 0 Å². The molecule has 0 aromatic carbocycles. The first-order valence-corrected chi connectivity index (χ1v) is 5.82.